The number of benzene rings is 2. The summed E-state index contributed by atoms with van der Waals surface area (Å²) in [6.07, 6.45) is 5.63. The molecule has 2 aromatic heterocycles. The molecule has 4 aromatic rings. The zero-order chi connectivity index (χ0) is 19.6. The van der Waals surface area contributed by atoms with Crippen molar-refractivity contribution < 1.29 is 0 Å². The molecule has 0 bridgehead atoms. The minimum absolute atomic E-state index is 0.836. The lowest BCUT2D eigenvalue weighted by atomic mass is 10.2. The first-order chi connectivity index (χ1) is 14.3. The number of nitrogens with zero attached hydrogens (tertiary/aromatic N) is 4. The van der Waals surface area contributed by atoms with E-state index >= 15 is 0 Å². The van der Waals surface area contributed by atoms with Crippen LogP contribution in [0.3, 0.4) is 0 Å². The SMILES string of the molecule is CSc1ccccc1CN1Cc2ncnc(Nc3cnc4ccccc4c3)c2C1. The van der Waals surface area contributed by atoms with Crippen LogP contribution < -0.4 is 5.32 Å². The number of hydrogen-bond acceptors (Lipinski definition) is 6. The molecule has 0 saturated heterocycles. The summed E-state index contributed by atoms with van der Waals surface area (Å²) >= 11 is 1.79. The molecule has 0 spiro atoms. The van der Waals surface area contributed by atoms with Crippen LogP contribution in [0.4, 0.5) is 11.5 Å². The van der Waals surface area contributed by atoms with Gasteiger partial charge in [-0.3, -0.25) is 9.88 Å². The van der Waals surface area contributed by atoms with Crippen LogP contribution in [0.1, 0.15) is 16.8 Å². The lowest BCUT2D eigenvalue weighted by molar-refractivity contribution is 0.272. The van der Waals surface area contributed by atoms with Gasteiger partial charge < -0.3 is 5.32 Å². The van der Waals surface area contributed by atoms with Crippen molar-refractivity contribution in [2.24, 2.45) is 0 Å². The van der Waals surface area contributed by atoms with Crippen LogP contribution in [-0.4, -0.2) is 26.1 Å². The van der Waals surface area contributed by atoms with Crippen molar-refractivity contribution in [1.29, 1.82) is 0 Å². The Morgan fingerprint density at radius 1 is 1.00 bits per heavy atom. The van der Waals surface area contributed by atoms with Crippen LogP contribution in [0.2, 0.25) is 0 Å². The zero-order valence-electron chi connectivity index (χ0n) is 16.2. The molecule has 5 nitrogen and oxygen atoms in total. The topological polar surface area (TPSA) is 53.9 Å². The predicted octanol–water partition coefficient (Wildman–Crippen LogP) is 5.01. The molecule has 6 heteroatoms. The van der Waals surface area contributed by atoms with Gasteiger partial charge in [-0.1, -0.05) is 36.4 Å². The van der Waals surface area contributed by atoms with Gasteiger partial charge in [-0.2, -0.15) is 0 Å². The van der Waals surface area contributed by atoms with Gasteiger partial charge in [0.15, 0.2) is 0 Å². The number of anilines is 2. The second kappa shape index (κ2) is 7.81. The summed E-state index contributed by atoms with van der Waals surface area (Å²) in [5.74, 6) is 0.868. The molecular formula is C23H21N5S. The van der Waals surface area contributed by atoms with Crippen molar-refractivity contribution in [2.45, 2.75) is 24.5 Å². The van der Waals surface area contributed by atoms with E-state index in [1.807, 2.05) is 24.4 Å². The Kier molecular flexibility index (Phi) is 4.87. The predicted molar refractivity (Wildman–Crippen MR) is 118 cm³/mol. The van der Waals surface area contributed by atoms with E-state index in [1.54, 1.807) is 18.1 Å². The molecule has 0 fully saturated rings. The highest BCUT2D eigenvalue weighted by Gasteiger charge is 2.24. The van der Waals surface area contributed by atoms with E-state index in [0.717, 1.165) is 47.7 Å². The van der Waals surface area contributed by atoms with Crippen LogP contribution in [0.15, 0.2) is 72.0 Å². The maximum atomic E-state index is 4.54. The fourth-order valence-electron chi connectivity index (χ4n) is 3.81. The molecule has 1 aliphatic rings. The first-order valence-electron chi connectivity index (χ1n) is 9.59. The number of para-hydroxylation sites is 1. The first kappa shape index (κ1) is 18.1. The summed E-state index contributed by atoms with van der Waals surface area (Å²) in [5.41, 5.74) is 5.55. The summed E-state index contributed by atoms with van der Waals surface area (Å²) in [6.45, 7) is 2.58. The Morgan fingerprint density at radius 3 is 2.79 bits per heavy atom. The number of hydrogen-bond donors (Lipinski definition) is 1. The molecule has 0 unspecified atom stereocenters. The fourth-order valence-corrected chi connectivity index (χ4v) is 4.42. The molecule has 3 heterocycles. The number of thioether (sulfide) groups is 1. The molecule has 0 saturated carbocycles. The van der Waals surface area contributed by atoms with Crippen molar-refractivity contribution in [3.8, 4) is 0 Å². The third-order valence-electron chi connectivity index (χ3n) is 5.23. The van der Waals surface area contributed by atoms with Gasteiger partial charge in [-0.05, 0) is 30.0 Å². The van der Waals surface area contributed by atoms with Gasteiger partial charge in [-0.25, -0.2) is 9.97 Å². The van der Waals surface area contributed by atoms with Crippen molar-refractivity contribution in [3.05, 3.63) is 83.9 Å². The lowest BCUT2D eigenvalue weighted by Crippen LogP contribution is -2.16. The normalized spacial score (nSPS) is 13.6. The second-order valence-corrected chi connectivity index (χ2v) is 7.99. The average molecular weight is 400 g/mol. The Balaban J connectivity index is 1.38. The molecular weight excluding hydrogens is 378 g/mol. The smallest absolute Gasteiger partial charge is 0.138 e. The molecule has 0 atom stereocenters. The Morgan fingerprint density at radius 2 is 1.86 bits per heavy atom. The molecule has 1 N–H and O–H groups in total. The quantitative estimate of drug-likeness (QED) is 0.476. The van der Waals surface area contributed by atoms with E-state index < -0.39 is 0 Å². The minimum atomic E-state index is 0.836. The second-order valence-electron chi connectivity index (χ2n) is 7.15. The van der Waals surface area contributed by atoms with E-state index in [4.69, 9.17) is 0 Å². The van der Waals surface area contributed by atoms with Gasteiger partial charge in [-0.15, -0.1) is 11.8 Å². The molecule has 1 aliphatic heterocycles. The van der Waals surface area contributed by atoms with Gasteiger partial charge in [0.1, 0.15) is 12.1 Å². The van der Waals surface area contributed by atoms with Gasteiger partial charge in [0.2, 0.25) is 0 Å². The van der Waals surface area contributed by atoms with Crippen molar-refractivity contribution in [3.63, 3.8) is 0 Å². The van der Waals surface area contributed by atoms with Gasteiger partial charge in [0.05, 0.1) is 23.1 Å². The van der Waals surface area contributed by atoms with Crippen molar-refractivity contribution in [1.82, 2.24) is 19.9 Å². The van der Waals surface area contributed by atoms with Crippen LogP contribution in [0.25, 0.3) is 10.9 Å². The average Bonchev–Trinajstić information content (AvgIpc) is 3.18. The van der Waals surface area contributed by atoms with Crippen LogP contribution in [0.5, 0.6) is 0 Å². The molecule has 0 amide bonds. The maximum Gasteiger partial charge on any atom is 0.138 e. The van der Waals surface area contributed by atoms with E-state index in [1.165, 1.54) is 16.0 Å². The minimum Gasteiger partial charge on any atom is -0.339 e. The van der Waals surface area contributed by atoms with E-state index in [9.17, 15) is 0 Å². The third kappa shape index (κ3) is 3.69. The summed E-state index contributed by atoms with van der Waals surface area (Å²) < 4.78 is 0. The number of nitrogens with one attached hydrogen (secondary N) is 1. The lowest BCUT2D eigenvalue weighted by Gasteiger charge is -2.16. The summed E-state index contributed by atoms with van der Waals surface area (Å²) in [6, 6.07) is 18.8. The zero-order valence-corrected chi connectivity index (χ0v) is 17.0. The van der Waals surface area contributed by atoms with E-state index in [0.29, 0.717) is 0 Å². The third-order valence-corrected chi connectivity index (χ3v) is 6.07. The monoisotopic (exact) mass is 399 g/mol. The van der Waals surface area contributed by atoms with Crippen molar-refractivity contribution in [2.75, 3.05) is 11.6 Å². The van der Waals surface area contributed by atoms with E-state index in [2.05, 4.69) is 67.8 Å². The maximum absolute atomic E-state index is 4.54. The van der Waals surface area contributed by atoms with Gasteiger partial charge in [0, 0.05) is 35.5 Å². The van der Waals surface area contributed by atoms with Crippen LogP contribution in [0, 0.1) is 0 Å². The number of rotatable bonds is 5. The van der Waals surface area contributed by atoms with Gasteiger partial charge in [0.25, 0.3) is 0 Å². The highest BCUT2D eigenvalue weighted by molar-refractivity contribution is 7.98. The highest BCUT2D eigenvalue weighted by atomic mass is 32.2. The largest absolute Gasteiger partial charge is 0.339 e. The Hall–Kier alpha value is -2.96. The molecule has 144 valence electrons. The van der Waals surface area contributed by atoms with Crippen LogP contribution >= 0.6 is 11.8 Å². The highest BCUT2D eigenvalue weighted by Crippen LogP contribution is 2.31. The number of aromatic nitrogens is 3. The molecule has 0 radical (unpaired) electrons. The first-order valence-corrected chi connectivity index (χ1v) is 10.8. The molecule has 2 aromatic carbocycles. The van der Waals surface area contributed by atoms with Gasteiger partial charge >= 0.3 is 0 Å². The Labute approximate surface area is 174 Å². The number of fused-ring (bicyclic) bond motifs is 2. The van der Waals surface area contributed by atoms with Crippen LogP contribution in [-0.2, 0) is 19.6 Å². The van der Waals surface area contributed by atoms with Crippen molar-refractivity contribution >= 4 is 34.2 Å². The Bertz CT molecular complexity index is 1180. The summed E-state index contributed by atoms with van der Waals surface area (Å²) in [5, 5.41) is 4.57. The molecule has 5 rings (SSSR count). The standard InChI is InChI=1S/C23H21N5S/c1-29-22-9-5-3-7-17(22)12-28-13-19-21(14-28)25-15-26-23(19)27-18-10-16-6-2-4-8-20(16)24-11-18/h2-11,15H,12-14H2,1H3,(H,25,26,27). The van der Waals surface area contributed by atoms with E-state index in [-0.39, 0.29) is 0 Å². The number of pyridine rings is 1. The molecule has 0 aliphatic carbocycles. The fraction of sp³-hybridized carbons (Fsp3) is 0.174. The summed E-state index contributed by atoms with van der Waals surface area (Å²) in [4.78, 5) is 17.3. The summed E-state index contributed by atoms with van der Waals surface area (Å²) in [7, 11) is 0. The molecule has 29 heavy (non-hydrogen) atoms.